The van der Waals surface area contributed by atoms with Crippen molar-refractivity contribution in [2.75, 3.05) is 11.9 Å². The molecule has 0 aliphatic rings. The van der Waals surface area contributed by atoms with Crippen molar-refractivity contribution in [2.24, 2.45) is 0 Å². The van der Waals surface area contributed by atoms with Gasteiger partial charge in [-0.05, 0) is 25.8 Å². The molecule has 0 unspecified atom stereocenters. The molecule has 0 atom stereocenters. The summed E-state index contributed by atoms with van der Waals surface area (Å²) in [7, 11) is 0. The fourth-order valence-electron chi connectivity index (χ4n) is 1.71. The smallest absolute Gasteiger partial charge is 0.152 e. The maximum atomic E-state index is 4.54. The molecule has 0 spiro atoms. The molecular formula is C14H20N4. The first kappa shape index (κ1) is 12.6. The van der Waals surface area contributed by atoms with Crippen molar-refractivity contribution in [2.45, 2.75) is 33.6 Å². The SMILES string of the molecule is CC(C)=CCNc1nccn2nc(C(C)C)cc12. The van der Waals surface area contributed by atoms with Crippen LogP contribution in [0.2, 0.25) is 0 Å². The molecule has 0 aliphatic heterocycles. The van der Waals surface area contributed by atoms with Crippen molar-refractivity contribution in [3.63, 3.8) is 0 Å². The van der Waals surface area contributed by atoms with Crippen molar-refractivity contribution in [1.82, 2.24) is 14.6 Å². The molecule has 2 aromatic heterocycles. The Morgan fingerprint density at radius 2 is 2.22 bits per heavy atom. The molecule has 0 aliphatic carbocycles. The standard InChI is InChI=1S/C14H20N4/c1-10(2)5-6-15-14-13-9-12(11(3)4)17-18(13)8-7-16-14/h5,7-9,11H,6H2,1-4H3,(H,15,16). The Balaban J connectivity index is 2.30. The van der Waals surface area contributed by atoms with E-state index in [0.717, 1.165) is 23.6 Å². The second-order valence-corrected chi connectivity index (χ2v) is 4.99. The van der Waals surface area contributed by atoms with Crippen LogP contribution < -0.4 is 5.32 Å². The van der Waals surface area contributed by atoms with Crippen molar-refractivity contribution in [1.29, 1.82) is 0 Å². The lowest BCUT2D eigenvalue weighted by atomic mass is 10.1. The van der Waals surface area contributed by atoms with Crippen LogP contribution in [-0.4, -0.2) is 21.1 Å². The first-order valence-corrected chi connectivity index (χ1v) is 6.29. The van der Waals surface area contributed by atoms with Crippen LogP contribution in [0.5, 0.6) is 0 Å². The topological polar surface area (TPSA) is 42.2 Å². The number of rotatable bonds is 4. The molecule has 0 bridgehead atoms. The van der Waals surface area contributed by atoms with E-state index >= 15 is 0 Å². The largest absolute Gasteiger partial charge is 0.365 e. The van der Waals surface area contributed by atoms with Crippen LogP contribution >= 0.6 is 0 Å². The highest BCUT2D eigenvalue weighted by atomic mass is 15.2. The number of hydrogen-bond donors (Lipinski definition) is 1. The molecule has 0 aromatic carbocycles. The highest BCUT2D eigenvalue weighted by molar-refractivity contribution is 5.68. The highest BCUT2D eigenvalue weighted by Crippen LogP contribution is 2.19. The van der Waals surface area contributed by atoms with E-state index in [-0.39, 0.29) is 0 Å². The molecule has 0 saturated carbocycles. The van der Waals surface area contributed by atoms with Crippen LogP contribution in [0.25, 0.3) is 5.52 Å². The number of nitrogens with zero attached hydrogens (tertiary/aromatic N) is 3. The van der Waals surface area contributed by atoms with Gasteiger partial charge >= 0.3 is 0 Å². The first-order chi connectivity index (χ1) is 8.58. The van der Waals surface area contributed by atoms with E-state index in [0.29, 0.717) is 5.92 Å². The lowest BCUT2D eigenvalue weighted by Gasteiger charge is -2.04. The van der Waals surface area contributed by atoms with E-state index in [1.807, 2.05) is 10.7 Å². The predicted octanol–water partition coefficient (Wildman–Crippen LogP) is 3.23. The van der Waals surface area contributed by atoms with E-state index in [1.165, 1.54) is 5.57 Å². The van der Waals surface area contributed by atoms with Gasteiger partial charge < -0.3 is 5.32 Å². The summed E-state index contributed by atoms with van der Waals surface area (Å²) in [5.74, 6) is 1.31. The molecule has 0 amide bonds. The molecule has 4 heteroatoms. The van der Waals surface area contributed by atoms with Gasteiger partial charge in [-0.15, -0.1) is 0 Å². The van der Waals surface area contributed by atoms with E-state index < -0.39 is 0 Å². The second kappa shape index (κ2) is 5.21. The Kier molecular flexibility index (Phi) is 3.65. The molecule has 0 radical (unpaired) electrons. The van der Waals surface area contributed by atoms with Crippen LogP contribution in [0.3, 0.4) is 0 Å². The van der Waals surface area contributed by atoms with Gasteiger partial charge in [-0.2, -0.15) is 5.10 Å². The van der Waals surface area contributed by atoms with Crippen LogP contribution in [0.15, 0.2) is 30.1 Å². The lowest BCUT2D eigenvalue weighted by Crippen LogP contribution is -2.03. The van der Waals surface area contributed by atoms with Crippen LogP contribution in [0, 0.1) is 0 Å². The zero-order valence-electron chi connectivity index (χ0n) is 11.4. The molecule has 4 nitrogen and oxygen atoms in total. The second-order valence-electron chi connectivity index (χ2n) is 4.99. The van der Waals surface area contributed by atoms with Crippen LogP contribution in [-0.2, 0) is 0 Å². The summed E-state index contributed by atoms with van der Waals surface area (Å²) >= 11 is 0. The Labute approximate surface area is 108 Å². The molecule has 0 saturated heterocycles. The summed E-state index contributed by atoms with van der Waals surface area (Å²) in [6.45, 7) is 9.25. The zero-order chi connectivity index (χ0) is 13.1. The number of anilines is 1. The van der Waals surface area contributed by atoms with Gasteiger partial charge in [-0.3, -0.25) is 0 Å². The minimum Gasteiger partial charge on any atom is -0.365 e. The monoisotopic (exact) mass is 244 g/mol. The Morgan fingerprint density at radius 1 is 1.44 bits per heavy atom. The van der Waals surface area contributed by atoms with Crippen molar-refractivity contribution in [3.8, 4) is 0 Å². The quantitative estimate of drug-likeness (QED) is 0.840. The van der Waals surface area contributed by atoms with Crippen LogP contribution in [0.1, 0.15) is 39.3 Å². The average molecular weight is 244 g/mol. The molecular weight excluding hydrogens is 224 g/mol. The van der Waals surface area contributed by atoms with Gasteiger partial charge in [0.1, 0.15) is 5.52 Å². The first-order valence-electron chi connectivity index (χ1n) is 6.29. The number of aromatic nitrogens is 3. The molecule has 96 valence electrons. The number of hydrogen-bond acceptors (Lipinski definition) is 3. The zero-order valence-corrected chi connectivity index (χ0v) is 11.4. The number of nitrogens with one attached hydrogen (secondary N) is 1. The number of allylic oxidation sites excluding steroid dienone is 1. The third-order valence-corrected chi connectivity index (χ3v) is 2.78. The Bertz CT molecular complexity index is 562. The molecule has 2 rings (SSSR count). The summed E-state index contributed by atoms with van der Waals surface area (Å²) < 4.78 is 1.88. The predicted molar refractivity (Wildman–Crippen MR) is 75.0 cm³/mol. The summed E-state index contributed by atoms with van der Waals surface area (Å²) in [4.78, 5) is 4.38. The van der Waals surface area contributed by atoms with E-state index in [2.05, 4.69) is 55.2 Å². The molecule has 18 heavy (non-hydrogen) atoms. The van der Waals surface area contributed by atoms with E-state index in [9.17, 15) is 0 Å². The lowest BCUT2D eigenvalue weighted by molar-refractivity contribution is 0.787. The van der Waals surface area contributed by atoms with Gasteiger partial charge in [0.25, 0.3) is 0 Å². The fourth-order valence-corrected chi connectivity index (χ4v) is 1.71. The van der Waals surface area contributed by atoms with Gasteiger partial charge in [0.2, 0.25) is 0 Å². The van der Waals surface area contributed by atoms with E-state index in [4.69, 9.17) is 0 Å². The van der Waals surface area contributed by atoms with Gasteiger partial charge in [-0.1, -0.05) is 25.5 Å². The van der Waals surface area contributed by atoms with E-state index in [1.54, 1.807) is 6.20 Å². The average Bonchev–Trinajstić information content (AvgIpc) is 2.73. The highest BCUT2D eigenvalue weighted by Gasteiger charge is 2.08. The maximum absolute atomic E-state index is 4.54. The minimum atomic E-state index is 0.426. The summed E-state index contributed by atoms with van der Waals surface area (Å²) in [6.07, 6.45) is 5.80. The molecule has 2 aromatic rings. The summed E-state index contributed by atoms with van der Waals surface area (Å²) in [6, 6.07) is 2.10. The third-order valence-electron chi connectivity index (χ3n) is 2.78. The summed E-state index contributed by atoms with van der Waals surface area (Å²) in [5, 5.41) is 7.86. The van der Waals surface area contributed by atoms with Gasteiger partial charge in [0.05, 0.1) is 5.69 Å². The third kappa shape index (κ3) is 2.70. The normalized spacial score (nSPS) is 10.9. The fraction of sp³-hybridized carbons (Fsp3) is 0.429. The molecule has 2 heterocycles. The van der Waals surface area contributed by atoms with Crippen molar-refractivity contribution < 1.29 is 0 Å². The Morgan fingerprint density at radius 3 is 2.89 bits per heavy atom. The summed E-state index contributed by atoms with van der Waals surface area (Å²) in [5.41, 5.74) is 3.42. The van der Waals surface area contributed by atoms with Gasteiger partial charge in [0.15, 0.2) is 5.82 Å². The van der Waals surface area contributed by atoms with Crippen LogP contribution in [0.4, 0.5) is 5.82 Å². The number of fused-ring (bicyclic) bond motifs is 1. The maximum Gasteiger partial charge on any atom is 0.152 e. The molecule has 0 fully saturated rings. The Hall–Kier alpha value is -1.84. The van der Waals surface area contributed by atoms with Crippen molar-refractivity contribution >= 4 is 11.3 Å². The van der Waals surface area contributed by atoms with Crippen molar-refractivity contribution in [3.05, 3.63) is 35.8 Å². The molecule has 1 N–H and O–H groups in total. The van der Waals surface area contributed by atoms with Gasteiger partial charge in [-0.25, -0.2) is 9.50 Å². The minimum absolute atomic E-state index is 0.426. The van der Waals surface area contributed by atoms with Gasteiger partial charge in [0, 0.05) is 18.9 Å².